The van der Waals surface area contributed by atoms with E-state index in [2.05, 4.69) is 20.8 Å². The van der Waals surface area contributed by atoms with Crippen LogP contribution in [0.4, 0.5) is 0 Å². The van der Waals surface area contributed by atoms with Crippen LogP contribution >= 0.6 is 0 Å². The van der Waals surface area contributed by atoms with E-state index < -0.39 is 12.1 Å². The van der Waals surface area contributed by atoms with Crippen molar-refractivity contribution in [2.75, 3.05) is 0 Å². The van der Waals surface area contributed by atoms with Crippen LogP contribution in [0.15, 0.2) is 0 Å². The fraction of sp³-hybridized carbons (Fsp3) is 0.958. The third-order valence-corrected chi connectivity index (χ3v) is 10.3. The van der Waals surface area contributed by atoms with Gasteiger partial charge in [0, 0.05) is 6.42 Å². The molecular formula is C24H40O5. The predicted octanol–water partition coefficient (Wildman–Crippen LogP) is 3.45. The monoisotopic (exact) mass is 408 g/mol. The maximum absolute atomic E-state index is 11.5. The zero-order valence-electron chi connectivity index (χ0n) is 18.3. The van der Waals surface area contributed by atoms with Crippen molar-refractivity contribution in [2.45, 2.75) is 96.9 Å². The molecule has 4 fully saturated rings. The number of carbonyl (C=O) groups is 1. The summed E-state index contributed by atoms with van der Waals surface area (Å²) in [7, 11) is 0. The molecule has 5 nitrogen and oxygen atoms in total. The molecule has 0 bridgehead atoms. The van der Waals surface area contributed by atoms with Gasteiger partial charge in [-0.1, -0.05) is 20.8 Å². The van der Waals surface area contributed by atoms with Gasteiger partial charge in [0.25, 0.3) is 0 Å². The summed E-state index contributed by atoms with van der Waals surface area (Å²) in [5.74, 6) is 0.997. The molecule has 5 heteroatoms. The number of aliphatic hydroxyl groups is 3. The third-order valence-electron chi connectivity index (χ3n) is 10.3. The summed E-state index contributed by atoms with van der Waals surface area (Å²) in [6.45, 7) is 6.72. The molecule has 4 aliphatic rings. The van der Waals surface area contributed by atoms with E-state index in [1.165, 1.54) is 0 Å². The van der Waals surface area contributed by atoms with Gasteiger partial charge in [-0.15, -0.1) is 0 Å². The maximum Gasteiger partial charge on any atom is 0.303 e. The summed E-state index contributed by atoms with van der Waals surface area (Å²) in [5, 5.41) is 42.0. The fourth-order valence-electron chi connectivity index (χ4n) is 8.68. The second-order valence-electron chi connectivity index (χ2n) is 11.4. The van der Waals surface area contributed by atoms with E-state index in [-0.39, 0.29) is 41.3 Å². The highest BCUT2D eigenvalue weighted by atomic mass is 16.4. The molecule has 29 heavy (non-hydrogen) atoms. The normalized spacial score (nSPS) is 52.9. The van der Waals surface area contributed by atoms with E-state index in [1.807, 2.05) is 0 Å². The first-order chi connectivity index (χ1) is 13.6. The molecule has 0 spiro atoms. The van der Waals surface area contributed by atoms with E-state index >= 15 is 0 Å². The molecule has 166 valence electrons. The minimum absolute atomic E-state index is 0.0957. The van der Waals surface area contributed by atoms with Gasteiger partial charge >= 0.3 is 5.97 Å². The number of carboxylic acids is 1. The zero-order valence-corrected chi connectivity index (χ0v) is 18.3. The van der Waals surface area contributed by atoms with Crippen molar-refractivity contribution in [1.82, 2.24) is 0 Å². The Morgan fingerprint density at radius 2 is 1.76 bits per heavy atom. The number of rotatable bonds is 4. The van der Waals surface area contributed by atoms with Crippen molar-refractivity contribution in [3.63, 3.8) is 0 Å². The molecule has 0 saturated heterocycles. The number of aliphatic hydroxyl groups excluding tert-OH is 3. The lowest BCUT2D eigenvalue weighted by Crippen LogP contribution is -2.62. The Morgan fingerprint density at radius 1 is 1.03 bits per heavy atom. The molecule has 0 aromatic carbocycles. The quantitative estimate of drug-likeness (QED) is 0.571. The van der Waals surface area contributed by atoms with Gasteiger partial charge < -0.3 is 20.4 Å². The number of fused-ring (bicyclic) bond motifs is 5. The molecule has 11 atom stereocenters. The number of hydrogen-bond donors (Lipinski definition) is 4. The van der Waals surface area contributed by atoms with Gasteiger partial charge in [0.05, 0.1) is 18.3 Å². The fourth-order valence-corrected chi connectivity index (χ4v) is 8.68. The van der Waals surface area contributed by atoms with Crippen molar-refractivity contribution in [3.8, 4) is 0 Å². The minimum atomic E-state index is -0.748. The number of carboxylic acid groups (broad SMARTS) is 1. The Balaban J connectivity index is 1.61. The van der Waals surface area contributed by atoms with Gasteiger partial charge in [-0.2, -0.15) is 0 Å². The summed E-state index contributed by atoms with van der Waals surface area (Å²) in [6.07, 6.45) is 6.00. The van der Waals surface area contributed by atoms with Crippen LogP contribution in [-0.2, 0) is 4.79 Å². The molecule has 0 radical (unpaired) electrons. The van der Waals surface area contributed by atoms with Crippen LogP contribution in [0.25, 0.3) is 0 Å². The molecule has 0 aliphatic heterocycles. The lowest BCUT2D eigenvalue weighted by atomic mass is 9.43. The largest absolute Gasteiger partial charge is 0.481 e. The molecule has 4 saturated carbocycles. The number of hydrogen-bond acceptors (Lipinski definition) is 4. The van der Waals surface area contributed by atoms with Gasteiger partial charge in [0.1, 0.15) is 0 Å². The molecule has 4 rings (SSSR count). The van der Waals surface area contributed by atoms with Crippen LogP contribution in [0.1, 0.15) is 78.6 Å². The third kappa shape index (κ3) is 3.27. The van der Waals surface area contributed by atoms with Crippen molar-refractivity contribution in [1.29, 1.82) is 0 Å². The van der Waals surface area contributed by atoms with E-state index in [0.29, 0.717) is 30.1 Å². The first-order valence-electron chi connectivity index (χ1n) is 11.8. The molecular weight excluding hydrogens is 368 g/mol. The van der Waals surface area contributed by atoms with Crippen molar-refractivity contribution >= 4 is 5.97 Å². The van der Waals surface area contributed by atoms with E-state index in [1.54, 1.807) is 0 Å². The average molecular weight is 409 g/mol. The smallest absolute Gasteiger partial charge is 0.303 e. The van der Waals surface area contributed by atoms with E-state index in [4.69, 9.17) is 5.11 Å². The van der Waals surface area contributed by atoms with Crippen LogP contribution in [0, 0.1) is 46.3 Å². The standard InChI is InChI=1S/C24H40O5/c1-13(4-7-21(28)29)16-5-6-17-22-18(12-20(27)24(16,17)3)23(2)9-8-15(25)10-14(23)11-19(22)26/h13-20,22,25-27H,4-12H2,1-3H3,(H,28,29)/t13-,14+,15-,16?,17?,18?,19-,20+,22+,23+,24-/m1/s1. The predicted molar refractivity (Wildman–Crippen MR) is 110 cm³/mol. The molecule has 0 heterocycles. The lowest BCUT2D eigenvalue weighted by molar-refractivity contribution is -0.207. The minimum Gasteiger partial charge on any atom is -0.481 e. The van der Waals surface area contributed by atoms with Gasteiger partial charge in [0.15, 0.2) is 0 Å². The first-order valence-corrected chi connectivity index (χ1v) is 11.8. The molecule has 3 unspecified atom stereocenters. The highest BCUT2D eigenvalue weighted by molar-refractivity contribution is 5.66. The van der Waals surface area contributed by atoms with Crippen LogP contribution in [0.5, 0.6) is 0 Å². The highest BCUT2D eigenvalue weighted by Gasteiger charge is 2.65. The second kappa shape index (κ2) is 7.49. The second-order valence-corrected chi connectivity index (χ2v) is 11.4. The molecule has 0 aromatic heterocycles. The van der Waals surface area contributed by atoms with Gasteiger partial charge in [-0.3, -0.25) is 4.79 Å². The van der Waals surface area contributed by atoms with Crippen molar-refractivity contribution in [3.05, 3.63) is 0 Å². The summed E-state index contributed by atoms with van der Waals surface area (Å²) < 4.78 is 0. The van der Waals surface area contributed by atoms with E-state index in [9.17, 15) is 20.1 Å². The Hall–Kier alpha value is -0.650. The summed E-state index contributed by atoms with van der Waals surface area (Å²) in [6, 6.07) is 0. The molecule has 4 N–H and O–H groups in total. The molecule has 4 aliphatic carbocycles. The van der Waals surface area contributed by atoms with Crippen LogP contribution in [0.3, 0.4) is 0 Å². The van der Waals surface area contributed by atoms with Crippen molar-refractivity contribution in [2.24, 2.45) is 46.3 Å². The van der Waals surface area contributed by atoms with Gasteiger partial charge in [-0.25, -0.2) is 0 Å². The zero-order chi connectivity index (χ0) is 21.1. The van der Waals surface area contributed by atoms with Crippen LogP contribution in [-0.4, -0.2) is 44.7 Å². The summed E-state index contributed by atoms with van der Waals surface area (Å²) in [4.78, 5) is 11.1. The molecule has 0 aromatic rings. The Bertz CT molecular complexity index is 637. The topological polar surface area (TPSA) is 98.0 Å². The summed E-state index contributed by atoms with van der Waals surface area (Å²) in [5.41, 5.74) is -0.143. The lowest BCUT2D eigenvalue weighted by Gasteiger charge is -2.63. The molecule has 0 amide bonds. The number of aliphatic carboxylic acids is 1. The Labute approximate surface area is 174 Å². The van der Waals surface area contributed by atoms with Gasteiger partial charge in [0.2, 0.25) is 0 Å². The maximum atomic E-state index is 11.5. The van der Waals surface area contributed by atoms with E-state index in [0.717, 1.165) is 44.9 Å². The Kier molecular flexibility index (Phi) is 5.57. The van der Waals surface area contributed by atoms with Crippen LogP contribution in [0.2, 0.25) is 0 Å². The average Bonchev–Trinajstić information content (AvgIpc) is 3.01. The van der Waals surface area contributed by atoms with Gasteiger partial charge in [-0.05, 0) is 97.7 Å². The van der Waals surface area contributed by atoms with Crippen LogP contribution < -0.4 is 0 Å². The SMILES string of the molecule is C[C@H](CCC(=O)O)C1CCC2[C@H]3C(C[C@H](O)[C@@]21C)[C@@]1(C)CC[C@@H](O)C[C@H]1C[C@H]3O. The first kappa shape index (κ1) is 21.6. The highest BCUT2D eigenvalue weighted by Crippen LogP contribution is 2.68. The van der Waals surface area contributed by atoms with Crippen molar-refractivity contribution < 1.29 is 25.2 Å². The summed E-state index contributed by atoms with van der Waals surface area (Å²) >= 11 is 0. The Morgan fingerprint density at radius 3 is 2.45 bits per heavy atom.